The van der Waals surface area contributed by atoms with Gasteiger partial charge in [0.2, 0.25) is 0 Å². The first-order valence-electron chi connectivity index (χ1n) is 2.61. The van der Waals surface area contributed by atoms with Crippen molar-refractivity contribution in [1.82, 2.24) is 4.98 Å². The molecular weight excluding hydrogens is 132 g/mol. The smallest absolute Gasteiger partial charge is 0.0798 e. The lowest BCUT2D eigenvalue weighted by Crippen LogP contribution is -1.88. The van der Waals surface area contributed by atoms with E-state index >= 15 is 0 Å². The van der Waals surface area contributed by atoms with Crippen molar-refractivity contribution in [3.05, 3.63) is 22.3 Å². The summed E-state index contributed by atoms with van der Waals surface area (Å²) in [6, 6.07) is 0. The number of nitrogens with zero attached hydrogens (tertiary/aromatic N) is 1. The lowest BCUT2D eigenvalue weighted by Gasteiger charge is -1.84. The summed E-state index contributed by atoms with van der Waals surface area (Å²) in [6.45, 7) is 1.85. The summed E-state index contributed by atoms with van der Waals surface area (Å²) in [4.78, 5) is 4.02. The van der Waals surface area contributed by atoms with Crippen molar-refractivity contribution >= 4 is 17.4 Å². The predicted molar refractivity (Wildman–Crippen MR) is 40.0 cm³/mol. The average Bonchev–Trinajstić information content (AvgIpc) is 2.15. The summed E-state index contributed by atoms with van der Waals surface area (Å²) in [7, 11) is 0. The fraction of sp³-hybridized carbons (Fsp3) is 0.167. The molecule has 0 bridgehead atoms. The first-order valence-corrected chi connectivity index (χ1v) is 3.55. The van der Waals surface area contributed by atoms with Gasteiger partial charge in [0.15, 0.2) is 0 Å². The van der Waals surface area contributed by atoms with Crippen LogP contribution in [0, 0.1) is 0 Å². The lowest BCUT2D eigenvalue weighted by atomic mass is 10.4. The van der Waals surface area contributed by atoms with E-state index in [1.807, 2.05) is 18.4 Å². The van der Waals surface area contributed by atoms with E-state index in [4.69, 9.17) is 5.73 Å². The minimum absolute atomic E-state index is 0.793. The fourth-order valence-electron chi connectivity index (χ4n) is 0.526. The molecule has 0 amide bonds. The van der Waals surface area contributed by atoms with Crippen LogP contribution in [0.25, 0.3) is 6.08 Å². The molecule has 1 rings (SSSR count). The van der Waals surface area contributed by atoms with E-state index < -0.39 is 0 Å². The molecule has 0 atom stereocenters. The molecule has 9 heavy (non-hydrogen) atoms. The van der Waals surface area contributed by atoms with Gasteiger partial charge in [-0.05, 0) is 13.0 Å². The number of hydrogen-bond acceptors (Lipinski definition) is 3. The number of allylic oxidation sites excluding steroid dienone is 1. The Bertz CT molecular complexity index is 197. The Morgan fingerprint density at radius 2 is 2.67 bits per heavy atom. The van der Waals surface area contributed by atoms with Crippen LogP contribution in [0.1, 0.15) is 12.6 Å². The molecule has 0 aliphatic heterocycles. The summed E-state index contributed by atoms with van der Waals surface area (Å²) in [5.41, 5.74) is 8.93. The summed E-state index contributed by atoms with van der Waals surface area (Å²) in [5, 5.41) is 1.95. The maximum atomic E-state index is 5.41. The highest BCUT2D eigenvalue weighted by molar-refractivity contribution is 7.07. The highest BCUT2D eigenvalue weighted by Crippen LogP contribution is 2.03. The Labute approximate surface area is 58.0 Å². The van der Waals surface area contributed by atoms with Crippen molar-refractivity contribution in [2.75, 3.05) is 0 Å². The molecule has 2 nitrogen and oxygen atoms in total. The standard InChI is InChI=1S/C6H8N2S/c1-5(7)2-6-3-9-4-8-6/h2-4H,7H2,1H3. The third kappa shape index (κ3) is 1.85. The van der Waals surface area contributed by atoms with Gasteiger partial charge in [-0.3, -0.25) is 0 Å². The number of thiazole rings is 1. The van der Waals surface area contributed by atoms with Crippen LogP contribution in [0.4, 0.5) is 0 Å². The molecule has 1 heterocycles. The van der Waals surface area contributed by atoms with Gasteiger partial charge < -0.3 is 5.73 Å². The topological polar surface area (TPSA) is 38.9 Å². The van der Waals surface area contributed by atoms with Crippen LogP contribution in [0.15, 0.2) is 16.6 Å². The van der Waals surface area contributed by atoms with E-state index in [1.165, 1.54) is 0 Å². The lowest BCUT2D eigenvalue weighted by molar-refractivity contribution is 1.31. The zero-order valence-electron chi connectivity index (χ0n) is 5.16. The molecule has 0 fully saturated rings. The van der Waals surface area contributed by atoms with Crippen molar-refractivity contribution in [2.45, 2.75) is 6.92 Å². The Balaban J connectivity index is 2.80. The first-order chi connectivity index (χ1) is 4.29. The van der Waals surface area contributed by atoms with Gasteiger partial charge in [0, 0.05) is 11.1 Å². The van der Waals surface area contributed by atoms with Crippen LogP contribution in [0.2, 0.25) is 0 Å². The number of nitrogens with two attached hydrogens (primary N) is 1. The third-order valence-electron chi connectivity index (χ3n) is 0.827. The molecule has 48 valence electrons. The van der Waals surface area contributed by atoms with Crippen molar-refractivity contribution in [3.8, 4) is 0 Å². The van der Waals surface area contributed by atoms with Crippen LogP contribution in [0.5, 0.6) is 0 Å². The van der Waals surface area contributed by atoms with Gasteiger partial charge in [-0.1, -0.05) is 0 Å². The SMILES string of the molecule is CC(N)=Cc1cscn1. The maximum Gasteiger partial charge on any atom is 0.0798 e. The highest BCUT2D eigenvalue weighted by Gasteiger charge is 1.86. The largest absolute Gasteiger partial charge is 0.402 e. The van der Waals surface area contributed by atoms with E-state index in [-0.39, 0.29) is 0 Å². The summed E-state index contributed by atoms with van der Waals surface area (Å²) >= 11 is 1.57. The summed E-state index contributed by atoms with van der Waals surface area (Å²) < 4.78 is 0. The zero-order chi connectivity index (χ0) is 6.69. The Hall–Kier alpha value is -0.830. The second kappa shape index (κ2) is 2.64. The molecule has 3 heteroatoms. The molecule has 0 saturated carbocycles. The second-order valence-corrected chi connectivity index (χ2v) is 2.52. The minimum Gasteiger partial charge on any atom is -0.402 e. The predicted octanol–water partition coefficient (Wildman–Crippen LogP) is 1.46. The van der Waals surface area contributed by atoms with Gasteiger partial charge in [-0.25, -0.2) is 4.98 Å². The van der Waals surface area contributed by atoms with Crippen LogP contribution >= 0.6 is 11.3 Å². The molecule has 1 aromatic heterocycles. The van der Waals surface area contributed by atoms with Gasteiger partial charge in [0.25, 0.3) is 0 Å². The van der Waals surface area contributed by atoms with Crippen LogP contribution in [0.3, 0.4) is 0 Å². The van der Waals surface area contributed by atoms with Crippen LogP contribution in [-0.2, 0) is 0 Å². The van der Waals surface area contributed by atoms with E-state index in [0.29, 0.717) is 0 Å². The zero-order valence-corrected chi connectivity index (χ0v) is 5.98. The average molecular weight is 140 g/mol. The summed E-state index contributed by atoms with van der Waals surface area (Å²) in [6.07, 6.45) is 1.84. The molecule has 1 aromatic rings. The first kappa shape index (κ1) is 6.29. The molecule has 2 N–H and O–H groups in total. The van der Waals surface area contributed by atoms with Gasteiger partial charge in [0.1, 0.15) is 0 Å². The van der Waals surface area contributed by atoms with E-state index in [9.17, 15) is 0 Å². The molecule has 0 aliphatic carbocycles. The second-order valence-electron chi connectivity index (χ2n) is 1.80. The molecule has 0 spiro atoms. The van der Waals surface area contributed by atoms with Gasteiger partial charge in [0.05, 0.1) is 11.2 Å². The maximum absolute atomic E-state index is 5.41. The fourth-order valence-corrected chi connectivity index (χ4v) is 1.04. The Morgan fingerprint density at radius 3 is 3.11 bits per heavy atom. The monoisotopic (exact) mass is 140 g/mol. The molecular formula is C6H8N2S. The van der Waals surface area contributed by atoms with Gasteiger partial charge in [-0.2, -0.15) is 0 Å². The molecule has 0 radical (unpaired) electrons. The molecule has 0 aromatic carbocycles. The molecule has 0 saturated heterocycles. The van der Waals surface area contributed by atoms with Crippen molar-refractivity contribution in [3.63, 3.8) is 0 Å². The molecule has 0 unspecified atom stereocenters. The summed E-state index contributed by atoms with van der Waals surface area (Å²) in [5.74, 6) is 0. The highest BCUT2D eigenvalue weighted by atomic mass is 32.1. The van der Waals surface area contributed by atoms with Crippen molar-refractivity contribution < 1.29 is 0 Å². The van der Waals surface area contributed by atoms with Crippen LogP contribution in [-0.4, -0.2) is 4.98 Å². The van der Waals surface area contributed by atoms with Gasteiger partial charge >= 0.3 is 0 Å². The number of rotatable bonds is 1. The number of hydrogen-bond donors (Lipinski definition) is 1. The van der Waals surface area contributed by atoms with E-state index in [0.717, 1.165) is 11.4 Å². The normalized spacial score (nSPS) is 11.9. The van der Waals surface area contributed by atoms with Crippen molar-refractivity contribution in [2.24, 2.45) is 5.73 Å². The van der Waals surface area contributed by atoms with E-state index in [1.54, 1.807) is 16.8 Å². The Morgan fingerprint density at radius 1 is 1.89 bits per heavy atom. The van der Waals surface area contributed by atoms with Crippen molar-refractivity contribution in [1.29, 1.82) is 0 Å². The Kier molecular flexibility index (Phi) is 1.85. The minimum atomic E-state index is 0.793. The van der Waals surface area contributed by atoms with Gasteiger partial charge in [-0.15, -0.1) is 11.3 Å². The molecule has 0 aliphatic rings. The van der Waals surface area contributed by atoms with E-state index in [2.05, 4.69) is 4.98 Å². The quantitative estimate of drug-likeness (QED) is 0.641. The number of aromatic nitrogens is 1. The third-order valence-corrected chi connectivity index (χ3v) is 1.43. The van der Waals surface area contributed by atoms with Crippen LogP contribution < -0.4 is 5.73 Å².